The Morgan fingerprint density at radius 3 is 2.32 bits per heavy atom. The van der Waals surface area contributed by atoms with Gasteiger partial charge in [-0.3, -0.25) is 13.9 Å². The minimum atomic E-state index is -3.56. The lowest BCUT2D eigenvalue weighted by molar-refractivity contribution is -0.140. The van der Waals surface area contributed by atoms with E-state index in [1.165, 1.54) is 16.3 Å². The van der Waals surface area contributed by atoms with Crippen molar-refractivity contribution >= 4 is 39.1 Å². The zero-order valence-corrected chi connectivity index (χ0v) is 21.5. The van der Waals surface area contributed by atoms with Crippen molar-refractivity contribution < 1.29 is 22.7 Å². The van der Waals surface area contributed by atoms with Gasteiger partial charge in [0.15, 0.2) is 0 Å². The van der Waals surface area contributed by atoms with Gasteiger partial charge < -0.3 is 15.0 Å². The third-order valence-corrected chi connectivity index (χ3v) is 6.86. The fraction of sp³-hybridized carbons (Fsp3) is 0.417. The normalized spacial score (nSPS) is 12.0. The van der Waals surface area contributed by atoms with Gasteiger partial charge >= 0.3 is 0 Å². The van der Waals surface area contributed by atoms with Crippen LogP contribution in [0.15, 0.2) is 48.5 Å². The number of hydrogen-bond acceptors (Lipinski definition) is 5. The fourth-order valence-corrected chi connectivity index (χ4v) is 4.64. The highest BCUT2D eigenvalue weighted by atomic mass is 35.5. The van der Waals surface area contributed by atoms with Crippen LogP contribution in [0.25, 0.3) is 0 Å². The van der Waals surface area contributed by atoms with E-state index in [4.69, 9.17) is 16.3 Å². The van der Waals surface area contributed by atoms with Crippen LogP contribution in [-0.4, -0.2) is 57.6 Å². The van der Waals surface area contributed by atoms with Gasteiger partial charge in [0, 0.05) is 31.6 Å². The van der Waals surface area contributed by atoms with E-state index in [0.29, 0.717) is 23.1 Å². The number of carbonyl (C=O) groups excluding carboxylic acids is 2. The molecule has 0 aliphatic heterocycles. The molecule has 0 fully saturated rings. The van der Waals surface area contributed by atoms with Gasteiger partial charge in [0.05, 0.1) is 18.6 Å². The maximum atomic E-state index is 13.1. The van der Waals surface area contributed by atoms with Crippen LogP contribution >= 0.6 is 11.6 Å². The molecular formula is C24H32ClN3O5S. The predicted octanol–water partition coefficient (Wildman–Crippen LogP) is 3.45. The maximum Gasteiger partial charge on any atom is 0.242 e. The number of benzene rings is 2. The molecule has 2 aromatic rings. The second kappa shape index (κ2) is 12.6. The minimum Gasteiger partial charge on any atom is -0.494 e. The highest BCUT2D eigenvalue weighted by Crippen LogP contribution is 2.23. The van der Waals surface area contributed by atoms with Crippen molar-refractivity contribution in [1.82, 2.24) is 10.2 Å². The second-order valence-corrected chi connectivity index (χ2v) is 10.1. The van der Waals surface area contributed by atoms with Crippen molar-refractivity contribution in [2.24, 2.45) is 0 Å². The number of sulfonamides is 1. The molecule has 0 aromatic heterocycles. The molecule has 0 heterocycles. The number of ether oxygens (including phenoxy) is 1. The number of amides is 2. The van der Waals surface area contributed by atoms with Gasteiger partial charge in [0.25, 0.3) is 0 Å². The Morgan fingerprint density at radius 1 is 1.12 bits per heavy atom. The van der Waals surface area contributed by atoms with Crippen molar-refractivity contribution in [3.63, 3.8) is 0 Å². The molecule has 0 bridgehead atoms. The number of hydrogen-bond donors (Lipinski definition) is 1. The second-order valence-electron chi connectivity index (χ2n) is 7.77. The standard InChI is InChI=1S/C24H32ClN3O5S/c1-5-33-21-14-12-20(13-15-21)28(34(4,31)32)16-8-11-23(29)27(18(2)24(30)26-3)17-19-9-6-7-10-22(19)25/h6-7,9-10,12-15,18H,5,8,11,16-17H2,1-4H3,(H,26,30)/t18-/m0/s1. The summed E-state index contributed by atoms with van der Waals surface area (Å²) in [6.45, 7) is 4.31. The summed E-state index contributed by atoms with van der Waals surface area (Å²) < 4.78 is 31.5. The Kier molecular flexibility index (Phi) is 10.2. The SMILES string of the molecule is CCOc1ccc(N(CCCC(=O)N(Cc2ccccc2Cl)[C@@H](C)C(=O)NC)S(C)(=O)=O)cc1. The molecular weight excluding hydrogens is 478 g/mol. The largest absolute Gasteiger partial charge is 0.494 e. The van der Waals surface area contributed by atoms with Crippen molar-refractivity contribution in [1.29, 1.82) is 0 Å². The molecule has 2 rings (SSSR count). The Hall–Kier alpha value is -2.78. The zero-order chi connectivity index (χ0) is 25.3. The summed E-state index contributed by atoms with van der Waals surface area (Å²) in [4.78, 5) is 26.9. The lowest BCUT2D eigenvalue weighted by atomic mass is 10.1. The van der Waals surface area contributed by atoms with Gasteiger partial charge in [-0.25, -0.2) is 8.42 Å². The van der Waals surface area contributed by atoms with E-state index in [2.05, 4.69) is 5.32 Å². The van der Waals surface area contributed by atoms with E-state index in [-0.39, 0.29) is 37.7 Å². The summed E-state index contributed by atoms with van der Waals surface area (Å²) in [5, 5.41) is 3.07. The number of likely N-dealkylation sites (N-methyl/N-ethyl adjacent to an activating group) is 1. The minimum absolute atomic E-state index is 0.0643. The summed E-state index contributed by atoms with van der Waals surface area (Å²) in [6, 6.07) is 13.2. The average Bonchev–Trinajstić information content (AvgIpc) is 2.80. The van der Waals surface area contributed by atoms with E-state index in [1.807, 2.05) is 13.0 Å². The van der Waals surface area contributed by atoms with E-state index < -0.39 is 16.1 Å². The predicted molar refractivity (Wildman–Crippen MR) is 135 cm³/mol. The highest BCUT2D eigenvalue weighted by molar-refractivity contribution is 7.92. The van der Waals surface area contributed by atoms with E-state index in [0.717, 1.165) is 11.8 Å². The Labute approximate surface area is 206 Å². The Morgan fingerprint density at radius 2 is 1.76 bits per heavy atom. The third-order valence-electron chi connectivity index (χ3n) is 5.30. The Balaban J connectivity index is 2.14. The fourth-order valence-electron chi connectivity index (χ4n) is 3.48. The first-order valence-electron chi connectivity index (χ1n) is 11.0. The molecule has 0 aliphatic rings. The van der Waals surface area contributed by atoms with Gasteiger partial charge in [0.1, 0.15) is 11.8 Å². The first kappa shape index (κ1) is 27.5. The number of rotatable bonds is 12. The molecule has 1 atom stereocenters. The summed E-state index contributed by atoms with van der Waals surface area (Å²) in [5.41, 5.74) is 1.21. The number of nitrogens with zero attached hydrogens (tertiary/aromatic N) is 2. The van der Waals surface area contributed by atoms with Crippen molar-refractivity contribution in [2.45, 2.75) is 39.3 Å². The van der Waals surface area contributed by atoms with Crippen LogP contribution in [0.1, 0.15) is 32.3 Å². The van der Waals surface area contributed by atoms with Crippen molar-refractivity contribution in [3.8, 4) is 5.75 Å². The molecule has 0 saturated carbocycles. The molecule has 2 aromatic carbocycles. The summed E-state index contributed by atoms with van der Waals surface area (Å²) in [7, 11) is -2.05. The van der Waals surface area contributed by atoms with Crippen LogP contribution < -0.4 is 14.4 Å². The number of nitrogens with one attached hydrogen (secondary N) is 1. The molecule has 0 unspecified atom stereocenters. The van der Waals surface area contributed by atoms with E-state index in [9.17, 15) is 18.0 Å². The van der Waals surface area contributed by atoms with Gasteiger partial charge in [-0.1, -0.05) is 29.8 Å². The monoisotopic (exact) mass is 509 g/mol. The molecule has 186 valence electrons. The zero-order valence-electron chi connectivity index (χ0n) is 20.0. The number of halogens is 1. The number of carbonyl (C=O) groups is 2. The average molecular weight is 510 g/mol. The van der Waals surface area contributed by atoms with Gasteiger partial charge in [0.2, 0.25) is 21.8 Å². The maximum absolute atomic E-state index is 13.1. The van der Waals surface area contributed by atoms with Crippen LogP contribution in [-0.2, 0) is 26.2 Å². The third kappa shape index (κ3) is 7.63. The first-order valence-corrected chi connectivity index (χ1v) is 13.3. The molecule has 0 saturated heterocycles. The van der Waals surface area contributed by atoms with Gasteiger partial charge in [-0.15, -0.1) is 0 Å². The van der Waals surface area contributed by atoms with Crippen LogP contribution in [0.3, 0.4) is 0 Å². The van der Waals surface area contributed by atoms with Gasteiger partial charge in [-0.05, 0) is 56.2 Å². The molecule has 10 heteroatoms. The molecule has 0 aliphatic carbocycles. The lowest BCUT2D eigenvalue weighted by Crippen LogP contribution is -2.46. The molecule has 34 heavy (non-hydrogen) atoms. The molecule has 8 nitrogen and oxygen atoms in total. The topological polar surface area (TPSA) is 96.0 Å². The lowest BCUT2D eigenvalue weighted by Gasteiger charge is -2.29. The van der Waals surface area contributed by atoms with Crippen molar-refractivity contribution in [3.05, 3.63) is 59.1 Å². The summed E-state index contributed by atoms with van der Waals surface area (Å²) in [6.07, 6.45) is 1.47. The van der Waals surface area contributed by atoms with Gasteiger partial charge in [-0.2, -0.15) is 0 Å². The number of anilines is 1. The van der Waals surface area contributed by atoms with Crippen LogP contribution in [0.4, 0.5) is 5.69 Å². The summed E-state index contributed by atoms with van der Waals surface area (Å²) in [5.74, 6) is 0.0806. The Bertz CT molecular complexity index is 1080. The van der Waals surface area contributed by atoms with Crippen LogP contribution in [0.5, 0.6) is 5.75 Å². The first-order chi connectivity index (χ1) is 16.1. The molecule has 0 radical (unpaired) electrons. The van der Waals surface area contributed by atoms with E-state index >= 15 is 0 Å². The molecule has 1 N–H and O–H groups in total. The quantitative estimate of drug-likeness (QED) is 0.472. The smallest absolute Gasteiger partial charge is 0.242 e. The van der Waals surface area contributed by atoms with Crippen molar-refractivity contribution in [2.75, 3.05) is 30.8 Å². The van der Waals surface area contributed by atoms with Crippen LogP contribution in [0, 0.1) is 0 Å². The van der Waals surface area contributed by atoms with E-state index in [1.54, 1.807) is 49.4 Å². The molecule has 2 amide bonds. The highest BCUT2D eigenvalue weighted by Gasteiger charge is 2.26. The van der Waals surface area contributed by atoms with Crippen LogP contribution in [0.2, 0.25) is 5.02 Å². The summed E-state index contributed by atoms with van der Waals surface area (Å²) >= 11 is 6.27. The molecule has 0 spiro atoms.